The molecular weight excluding hydrogens is 420 g/mol. The number of fused-ring (bicyclic) bond motifs is 1. The second-order valence-corrected chi connectivity index (χ2v) is 7.83. The molecule has 0 spiro atoms. The highest BCUT2D eigenvalue weighted by atomic mass is 79.9. The Morgan fingerprint density at radius 1 is 1.24 bits per heavy atom. The van der Waals surface area contributed by atoms with Crippen LogP contribution in [0, 0.1) is 0 Å². The number of hydrogen-bond donors (Lipinski definition) is 2. The second kappa shape index (κ2) is 5.90. The third-order valence-electron chi connectivity index (χ3n) is 3.13. The number of carbonyl (C=O) groups excluding carboxylic acids is 2. The van der Waals surface area contributed by atoms with Crippen LogP contribution in [0.5, 0.6) is 0 Å². The average molecular weight is 430 g/mol. The number of benzene rings is 1. The minimum Gasteiger partial charge on any atom is -0.326 e. The van der Waals surface area contributed by atoms with Crippen molar-refractivity contribution < 1.29 is 9.59 Å². The van der Waals surface area contributed by atoms with Gasteiger partial charge in [0.1, 0.15) is 0 Å². The minimum absolute atomic E-state index is 0.0348. The molecule has 0 fully saturated rings. The van der Waals surface area contributed by atoms with Gasteiger partial charge in [-0.3, -0.25) is 9.59 Å². The summed E-state index contributed by atoms with van der Waals surface area (Å²) in [4.78, 5) is 24.1. The van der Waals surface area contributed by atoms with E-state index in [2.05, 4.69) is 42.5 Å². The van der Waals surface area contributed by atoms with E-state index in [1.54, 1.807) is 12.1 Å². The summed E-state index contributed by atoms with van der Waals surface area (Å²) in [5.41, 5.74) is 2.60. The van der Waals surface area contributed by atoms with E-state index in [4.69, 9.17) is 0 Å². The first-order valence-corrected chi connectivity index (χ1v) is 8.62. The maximum Gasteiger partial charge on any atom is 0.265 e. The van der Waals surface area contributed by atoms with E-state index >= 15 is 0 Å². The number of amides is 2. The normalized spacial score (nSPS) is 13.5. The lowest BCUT2D eigenvalue weighted by Gasteiger charge is -2.17. The first kappa shape index (κ1) is 14.7. The third kappa shape index (κ3) is 3.20. The lowest BCUT2D eigenvalue weighted by atomic mass is 10.0. The maximum atomic E-state index is 12.2. The topological polar surface area (TPSA) is 58.2 Å². The number of halogens is 2. The highest BCUT2D eigenvalue weighted by molar-refractivity contribution is 9.13. The van der Waals surface area contributed by atoms with Crippen molar-refractivity contribution in [1.82, 2.24) is 0 Å². The average Bonchev–Trinajstić information content (AvgIpc) is 2.79. The van der Waals surface area contributed by atoms with Gasteiger partial charge in [0.05, 0.1) is 8.66 Å². The lowest BCUT2D eigenvalue weighted by Crippen LogP contribution is -2.19. The molecule has 0 aliphatic carbocycles. The molecule has 2 N–H and O–H groups in total. The zero-order chi connectivity index (χ0) is 15.0. The van der Waals surface area contributed by atoms with Crippen LogP contribution in [0.2, 0.25) is 0 Å². The smallest absolute Gasteiger partial charge is 0.265 e. The van der Waals surface area contributed by atoms with E-state index in [-0.39, 0.29) is 11.8 Å². The fraction of sp³-hybridized carbons (Fsp3) is 0.143. The third-order valence-corrected chi connectivity index (χ3v) is 6.38. The molecule has 1 aromatic carbocycles. The van der Waals surface area contributed by atoms with Crippen molar-refractivity contribution in [3.63, 3.8) is 0 Å². The van der Waals surface area contributed by atoms with Crippen LogP contribution in [-0.2, 0) is 11.2 Å². The number of aryl methyl sites for hydroxylation is 1. The molecule has 108 valence electrons. The van der Waals surface area contributed by atoms with Crippen molar-refractivity contribution in [2.24, 2.45) is 0 Å². The fourth-order valence-corrected chi connectivity index (χ4v) is 4.04. The molecule has 4 nitrogen and oxygen atoms in total. The predicted octanol–water partition coefficient (Wildman–Crippen LogP) is 4.41. The lowest BCUT2D eigenvalue weighted by molar-refractivity contribution is -0.116. The minimum atomic E-state index is -0.147. The molecule has 0 saturated carbocycles. The van der Waals surface area contributed by atoms with Gasteiger partial charge in [-0.05, 0) is 68.1 Å². The van der Waals surface area contributed by atoms with E-state index in [0.29, 0.717) is 17.7 Å². The number of thiophene rings is 1. The molecule has 0 saturated heterocycles. The molecule has 0 atom stereocenters. The van der Waals surface area contributed by atoms with Gasteiger partial charge in [0.25, 0.3) is 5.91 Å². The molecule has 7 heteroatoms. The van der Waals surface area contributed by atoms with Crippen LogP contribution in [0.15, 0.2) is 32.5 Å². The van der Waals surface area contributed by atoms with Crippen LogP contribution in [0.4, 0.5) is 11.4 Å². The predicted molar refractivity (Wildman–Crippen MR) is 91.1 cm³/mol. The summed E-state index contributed by atoms with van der Waals surface area (Å²) in [6.45, 7) is 0. The van der Waals surface area contributed by atoms with E-state index < -0.39 is 0 Å². The Hall–Kier alpha value is -1.18. The molecule has 0 bridgehead atoms. The summed E-state index contributed by atoms with van der Waals surface area (Å²) in [5.74, 6) is -0.112. The van der Waals surface area contributed by atoms with Crippen LogP contribution in [0.1, 0.15) is 21.7 Å². The standard InChI is InChI=1S/C14H10Br2N2O2S/c15-9-6-11(21-13(9)16)14(20)17-8-2-3-10-7(5-8)1-4-12(19)18-10/h2-3,5-6H,1,4H2,(H,17,20)(H,18,19). The first-order valence-electron chi connectivity index (χ1n) is 6.22. The van der Waals surface area contributed by atoms with Crippen molar-refractivity contribution in [3.8, 4) is 0 Å². The maximum absolute atomic E-state index is 12.2. The van der Waals surface area contributed by atoms with Crippen molar-refractivity contribution in [3.05, 3.63) is 43.0 Å². The Bertz CT molecular complexity index is 723. The van der Waals surface area contributed by atoms with Crippen LogP contribution in [-0.4, -0.2) is 11.8 Å². The summed E-state index contributed by atoms with van der Waals surface area (Å²) in [6, 6.07) is 7.30. The van der Waals surface area contributed by atoms with Crippen molar-refractivity contribution in [2.45, 2.75) is 12.8 Å². The van der Waals surface area contributed by atoms with Crippen LogP contribution in [0.25, 0.3) is 0 Å². The largest absolute Gasteiger partial charge is 0.326 e. The monoisotopic (exact) mass is 428 g/mol. The SMILES string of the molecule is O=C1CCc2cc(NC(=O)c3cc(Br)c(Br)s3)ccc2N1. The molecule has 2 aromatic rings. The van der Waals surface area contributed by atoms with Gasteiger partial charge in [0.2, 0.25) is 5.91 Å². The molecule has 2 heterocycles. The molecule has 1 aliphatic rings. The van der Waals surface area contributed by atoms with Gasteiger partial charge in [-0.2, -0.15) is 0 Å². The Labute approximate surface area is 142 Å². The van der Waals surface area contributed by atoms with Gasteiger partial charge in [-0.15, -0.1) is 11.3 Å². The molecule has 21 heavy (non-hydrogen) atoms. The van der Waals surface area contributed by atoms with Crippen LogP contribution < -0.4 is 10.6 Å². The number of hydrogen-bond acceptors (Lipinski definition) is 3. The Morgan fingerprint density at radius 3 is 2.76 bits per heavy atom. The van der Waals surface area contributed by atoms with E-state index in [1.165, 1.54) is 11.3 Å². The molecule has 1 aliphatic heterocycles. The van der Waals surface area contributed by atoms with Gasteiger partial charge >= 0.3 is 0 Å². The fourth-order valence-electron chi connectivity index (χ4n) is 2.11. The van der Waals surface area contributed by atoms with E-state index in [1.807, 2.05) is 12.1 Å². The zero-order valence-corrected chi connectivity index (χ0v) is 14.7. The van der Waals surface area contributed by atoms with Crippen molar-refractivity contribution in [1.29, 1.82) is 0 Å². The number of nitrogens with one attached hydrogen (secondary N) is 2. The molecule has 0 radical (unpaired) electrons. The van der Waals surface area contributed by atoms with Crippen LogP contribution >= 0.6 is 43.2 Å². The van der Waals surface area contributed by atoms with Gasteiger partial charge in [-0.1, -0.05) is 0 Å². The summed E-state index contributed by atoms with van der Waals surface area (Å²) < 4.78 is 1.76. The number of carbonyl (C=O) groups is 2. The van der Waals surface area contributed by atoms with Gasteiger partial charge < -0.3 is 10.6 Å². The summed E-state index contributed by atoms with van der Waals surface area (Å²) in [6.07, 6.45) is 1.18. The van der Waals surface area contributed by atoms with Gasteiger partial charge in [0.15, 0.2) is 0 Å². The summed E-state index contributed by atoms with van der Waals surface area (Å²) in [5, 5.41) is 5.70. The molecule has 2 amide bonds. The zero-order valence-electron chi connectivity index (χ0n) is 10.7. The number of rotatable bonds is 2. The Kier molecular flexibility index (Phi) is 4.14. The highest BCUT2D eigenvalue weighted by Crippen LogP contribution is 2.33. The van der Waals surface area contributed by atoms with Crippen molar-refractivity contribution in [2.75, 3.05) is 10.6 Å². The molecule has 0 unspecified atom stereocenters. The van der Waals surface area contributed by atoms with Gasteiger partial charge in [0, 0.05) is 22.3 Å². The van der Waals surface area contributed by atoms with E-state index in [0.717, 1.165) is 25.2 Å². The van der Waals surface area contributed by atoms with Gasteiger partial charge in [-0.25, -0.2) is 0 Å². The Morgan fingerprint density at radius 2 is 2.05 bits per heavy atom. The number of anilines is 2. The van der Waals surface area contributed by atoms with Crippen molar-refractivity contribution >= 4 is 66.4 Å². The molecular formula is C14H10Br2N2O2S. The molecule has 1 aromatic heterocycles. The molecule has 3 rings (SSSR count). The quantitative estimate of drug-likeness (QED) is 0.742. The van der Waals surface area contributed by atoms with Crippen LogP contribution in [0.3, 0.4) is 0 Å². The van der Waals surface area contributed by atoms with E-state index in [9.17, 15) is 9.59 Å². The highest BCUT2D eigenvalue weighted by Gasteiger charge is 2.16. The summed E-state index contributed by atoms with van der Waals surface area (Å²) in [7, 11) is 0. The first-order chi connectivity index (χ1) is 10.0. The Balaban J connectivity index is 1.79. The second-order valence-electron chi connectivity index (χ2n) is 4.61. The summed E-state index contributed by atoms with van der Waals surface area (Å²) >= 11 is 8.12.